The normalized spacial score (nSPS) is 19.5. The number of nitrogens with one attached hydrogen (secondary N) is 1. The van der Waals surface area contributed by atoms with Gasteiger partial charge in [-0.15, -0.1) is 0 Å². The highest BCUT2D eigenvalue weighted by Gasteiger charge is 2.30. The molecular weight excluding hydrogens is 641 g/mol. The zero-order valence-electron chi connectivity index (χ0n) is 28.8. The van der Waals surface area contributed by atoms with E-state index in [-0.39, 0.29) is 52.9 Å². The number of ether oxygens (including phenoxy) is 2. The van der Waals surface area contributed by atoms with Crippen molar-refractivity contribution in [1.82, 2.24) is 24.8 Å². The topological polar surface area (TPSA) is 136 Å². The molecule has 49 heavy (non-hydrogen) atoms. The average Bonchev–Trinajstić information content (AvgIpc) is 3.07. The second-order valence-electron chi connectivity index (χ2n) is 14.1. The van der Waals surface area contributed by atoms with Crippen molar-refractivity contribution >= 4 is 21.9 Å². The van der Waals surface area contributed by atoms with Crippen molar-refractivity contribution in [3.63, 3.8) is 0 Å². The number of fused-ring (bicyclic) bond motifs is 4. The molecule has 0 saturated carbocycles. The molecule has 1 N–H and O–H groups in total. The molecule has 2 atom stereocenters. The van der Waals surface area contributed by atoms with E-state index >= 15 is 0 Å². The first-order chi connectivity index (χ1) is 23.4. The summed E-state index contributed by atoms with van der Waals surface area (Å²) in [6, 6.07) is 13.3. The van der Waals surface area contributed by atoms with Gasteiger partial charge in [-0.25, -0.2) is 23.1 Å². The third kappa shape index (κ3) is 8.25. The van der Waals surface area contributed by atoms with Gasteiger partial charge in [0.15, 0.2) is 0 Å². The molecule has 2 aliphatic heterocycles. The SMILES string of the molecule is Cc1cccc(C)c1-c1cc2nc(n1)NS(=O)(=O)c1cccc(c1)C(=O)N(Cc1cncc(C3CCCCO3)n1)[C@H](CCC(C)(C)C)CO2. The largest absolute Gasteiger partial charge is 0.475 e. The molecule has 0 radical (unpaired) electrons. The van der Waals surface area contributed by atoms with Crippen LogP contribution in [0.4, 0.5) is 5.95 Å². The first-order valence-corrected chi connectivity index (χ1v) is 18.3. The van der Waals surface area contributed by atoms with E-state index in [9.17, 15) is 13.2 Å². The molecule has 4 heterocycles. The van der Waals surface area contributed by atoms with Crippen molar-refractivity contribution in [1.29, 1.82) is 0 Å². The third-order valence-corrected chi connectivity index (χ3v) is 10.3. The molecular formula is C37H44N6O5S. The summed E-state index contributed by atoms with van der Waals surface area (Å²) < 4.78 is 42.3. The van der Waals surface area contributed by atoms with Crippen molar-refractivity contribution in [3.8, 4) is 17.1 Å². The van der Waals surface area contributed by atoms with Crippen LogP contribution in [0.5, 0.6) is 5.88 Å². The number of anilines is 1. The summed E-state index contributed by atoms with van der Waals surface area (Å²) in [5, 5.41) is 0. The Kier molecular flexibility index (Phi) is 9.99. The van der Waals surface area contributed by atoms with Gasteiger partial charge in [-0.3, -0.25) is 9.78 Å². The Balaban J connectivity index is 1.45. The van der Waals surface area contributed by atoms with Crippen LogP contribution in [-0.2, 0) is 21.3 Å². The number of benzene rings is 2. The minimum Gasteiger partial charge on any atom is -0.475 e. The molecule has 2 aromatic carbocycles. The lowest BCUT2D eigenvalue weighted by atomic mass is 9.88. The zero-order chi connectivity index (χ0) is 34.8. The predicted octanol–water partition coefficient (Wildman–Crippen LogP) is 6.82. The van der Waals surface area contributed by atoms with Crippen LogP contribution in [0.1, 0.15) is 91.9 Å². The first-order valence-electron chi connectivity index (χ1n) is 16.8. The Morgan fingerprint density at radius 3 is 2.49 bits per heavy atom. The summed E-state index contributed by atoms with van der Waals surface area (Å²) in [6.07, 6.45) is 7.60. The molecule has 1 saturated heterocycles. The van der Waals surface area contributed by atoms with E-state index in [0.717, 1.165) is 48.1 Å². The summed E-state index contributed by atoms with van der Waals surface area (Å²) in [4.78, 5) is 34.6. The van der Waals surface area contributed by atoms with Gasteiger partial charge in [0, 0.05) is 23.8 Å². The number of amides is 1. The second-order valence-corrected chi connectivity index (χ2v) is 15.8. The summed E-state index contributed by atoms with van der Waals surface area (Å²) in [6.45, 7) is 11.4. The second kappa shape index (κ2) is 14.2. The van der Waals surface area contributed by atoms with E-state index in [1.54, 1.807) is 35.5 Å². The Morgan fingerprint density at radius 2 is 1.76 bits per heavy atom. The number of rotatable bonds is 6. The molecule has 2 aromatic heterocycles. The van der Waals surface area contributed by atoms with E-state index in [1.807, 2.05) is 32.0 Å². The maximum Gasteiger partial charge on any atom is 0.264 e. The maximum atomic E-state index is 14.5. The third-order valence-electron chi connectivity index (χ3n) is 8.95. The minimum absolute atomic E-state index is 0.0243. The van der Waals surface area contributed by atoms with Crippen LogP contribution < -0.4 is 9.46 Å². The number of sulfonamides is 1. The van der Waals surface area contributed by atoms with Crippen molar-refractivity contribution in [2.24, 2.45) is 5.41 Å². The zero-order valence-corrected chi connectivity index (χ0v) is 29.6. The summed E-state index contributed by atoms with van der Waals surface area (Å²) in [5.74, 6) is -0.263. The maximum absolute atomic E-state index is 14.5. The molecule has 0 spiro atoms. The van der Waals surface area contributed by atoms with Gasteiger partial charge in [0.25, 0.3) is 15.9 Å². The molecule has 12 heteroatoms. The van der Waals surface area contributed by atoms with Gasteiger partial charge in [-0.1, -0.05) is 45.0 Å². The number of aryl methyl sites for hydroxylation is 2. The number of hydrogen-bond acceptors (Lipinski definition) is 9. The van der Waals surface area contributed by atoms with Crippen molar-refractivity contribution in [2.75, 3.05) is 17.9 Å². The van der Waals surface area contributed by atoms with E-state index in [1.165, 1.54) is 12.1 Å². The molecule has 1 amide bonds. The van der Waals surface area contributed by atoms with E-state index in [2.05, 4.69) is 40.4 Å². The Morgan fingerprint density at radius 1 is 0.980 bits per heavy atom. The molecule has 11 nitrogen and oxygen atoms in total. The Bertz CT molecular complexity index is 1920. The van der Waals surface area contributed by atoms with Gasteiger partial charge in [-0.2, -0.15) is 4.98 Å². The highest BCUT2D eigenvalue weighted by Crippen LogP contribution is 2.32. The minimum atomic E-state index is -4.18. The van der Waals surface area contributed by atoms with Gasteiger partial charge in [-0.05, 0) is 80.7 Å². The lowest BCUT2D eigenvalue weighted by molar-refractivity contribution is 0.0118. The van der Waals surface area contributed by atoms with Gasteiger partial charge in [0.05, 0.1) is 47.0 Å². The number of carbonyl (C=O) groups excluding carboxylic acids is 1. The van der Waals surface area contributed by atoms with Gasteiger partial charge in [0.2, 0.25) is 11.8 Å². The van der Waals surface area contributed by atoms with E-state index < -0.39 is 16.1 Å². The molecule has 258 valence electrons. The smallest absolute Gasteiger partial charge is 0.264 e. The molecule has 4 bridgehead atoms. The van der Waals surface area contributed by atoms with Crippen LogP contribution in [0.2, 0.25) is 0 Å². The van der Waals surface area contributed by atoms with Crippen LogP contribution in [0, 0.1) is 19.3 Å². The highest BCUT2D eigenvalue weighted by molar-refractivity contribution is 7.92. The predicted molar refractivity (Wildman–Crippen MR) is 187 cm³/mol. The molecule has 4 aromatic rings. The molecule has 2 aliphatic rings. The lowest BCUT2D eigenvalue weighted by Crippen LogP contribution is -2.44. The highest BCUT2D eigenvalue weighted by atomic mass is 32.2. The van der Waals surface area contributed by atoms with Crippen LogP contribution in [0.15, 0.2) is 65.8 Å². The summed E-state index contributed by atoms with van der Waals surface area (Å²) >= 11 is 0. The van der Waals surface area contributed by atoms with Crippen molar-refractivity contribution < 1.29 is 22.7 Å². The fraction of sp³-hybridized carbons (Fsp3) is 0.432. The molecule has 6 rings (SSSR count). The number of carbonyl (C=O) groups is 1. The molecule has 1 unspecified atom stereocenters. The molecule has 0 aliphatic carbocycles. The standard InChI is InChI=1S/C37H44N6O5S/c1-24-10-8-11-25(2)34(24)30-19-33-41-36(40-30)42-49(45,46)29-13-9-12-26(18-29)35(44)43(28(23-48-33)15-16-37(3,4)5)22-27-20-38-21-31(39-27)32-14-6-7-17-47-32/h8-13,18-21,28,32H,6-7,14-17,22-23H2,1-5H3,(H,40,41,42)/t28-,32?/m1/s1. The average molecular weight is 685 g/mol. The monoisotopic (exact) mass is 684 g/mol. The number of nitrogens with zero attached hydrogens (tertiary/aromatic N) is 5. The lowest BCUT2D eigenvalue weighted by Gasteiger charge is -2.33. The van der Waals surface area contributed by atoms with E-state index in [0.29, 0.717) is 24.4 Å². The van der Waals surface area contributed by atoms with Gasteiger partial charge >= 0.3 is 0 Å². The fourth-order valence-electron chi connectivity index (χ4n) is 6.31. The van der Waals surface area contributed by atoms with Crippen molar-refractivity contribution in [3.05, 3.63) is 89.0 Å². The van der Waals surface area contributed by atoms with Crippen LogP contribution in [0.3, 0.4) is 0 Å². The summed E-state index contributed by atoms with van der Waals surface area (Å²) in [7, 11) is -4.18. The first kappa shape index (κ1) is 34.4. The number of aromatic nitrogens is 4. The van der Waals surface area contributed by atoms with Crippen molar-refractivity contribution in [2.45, 2.75) is 90.3 Å². The van der Waals surface area contributed by atoms with Gasteiger partial charge in [0.1, 0.15) is 12.7 Å². The van der Waals surface area contributed by atoms with Crippen LogP contribution in [-0.4, -0.2) is 58.4 Å². The fourth-order valence-corrected chi connectivity index (χ4v) is 7.30. The molecule has 1 fully saturated rings. The Hall–Kier alpha value is -4.42. The van der Waals surface area contributed by atoms with Gasteiger partial charge < -0.3 is 14.4 Å². The van der Waals surface area contributed by atoms with Crippen LogP contribution in [0.25, 0.3) is 11.3 Å². The van der Waals surface area contributed by atoms with Crippen LogP contribution >= 0.6 is 0 Å². The van der Waals surface area contributed by atoms with E-state index in [4.69, 9.17) is 14.5 Å². The quantitative estimate of drug-likeness (QED) is 0.232. The summed E-state index contributed by atoms with van der Waals surface area (Å²) in [5.41, 5.74) is 4.90. The Labute approximate surface area is 288 Å². The number of hydrogen-bond donors (Lipinski definition) is 1.